The van der Waals surface area contributed by atoms with E-state index < -0.39 is 84.6 Å². The maximum atomic E-state index is 12.6. The number of phosphoric ester groups is 3. The van der Waals surface area contributed by atoms with Gasteiger partial charge in [0, 0.05) is 31.3 Å². The molecule has 1 aliphatic heterocycles. The summed E-state index contributed by atoms with van der Waals surface area (Å²) in [5.74, 6) is -1.76. The minimum absolute atomic E-state index is 0.0302. The largest absolute Gasteiger partial charge is 0.481 e. The van der Waals surface area contributed by atoms with Crippen LogP contribution in [0.5, 0.6) is 0 Å². The van der Waals surface area contributed by atoms with Gasteiger partial charge in [0.15, 0.2) is 17.7 Å². The Hall–Kier alpha value is -2.99. The van der Waals surface area contributed by atoms with Gasteiger partial charge in [0.1, 0.15) is 36.3 Å². The maximum absolute atomic E-state index is 12.6. The summed E-state index contributed by atoms with van der Waals surface area (Å²) < 4.78 is 66.8. The second-order valence-electron chi connectivity index (χ2n) is 12.3. The van der Waals surface area contributed by atoms with Crippen LogP contribution in [0, 0.1) is 5.41 Å². The lowest BCUT2D eigenvalue weighted by molar-refractivity contribution is -0.143. The van der Waals surface area contributed by atoms with Crippen LogP contribution in [-0.2, 0) is 55.4 Å². The third kappa shape index (κ3) is 13.6. The molecule has 306 valence electrons. The van der Waals surface area contributed by atoms with Gasteiger partial charge in [0.05, 0.1) is 26.1 Å². The maximum Gasteiger partial charge on any atom is 0.481 e. The van der Waals surface area contributed by atoms with Crippen molar-refractivity contribution in [3.05, 3.63) is 12.7 Å². The molecule has 3 heterocycles. The summed E-state index contributed by atoms with van der Waals surface area (Å²) in [4.78, 5) is 86.7. The molecule has 0 aromatic carbocycles. The van der Waals surface area contributed by atoms with E-state index in [1.165, 1.54) is 13.8 Å². The molecular weight excluding hydrogens is 791 g/mol. The number of fused-ring (bicyclic) bond motifs is 1. The first kappa shape index (κ1) is 45.4. The highest BCUT2D eigenvalue weighted by Crippen LogP contribution is 2.61. The molecule has 28 heteroatoms. The van der Waals surface area contributed by atoms with Gasteiger partial charge < -0.3 is 55.6 Å². The smallest absolute Gasteiger partial charge is 0.466 e. The topological polar surface area (TPSA) is 373 Å². The van der Waals surface area contributed by atoms with Gasteiger partial charge in [-0.1, -0.05) is 13.8 Å². The van der Waals surface area contributed by atoms with Crippen molar-refractivity contribution >= 4 is 58.2 Å². The first-order chi connectivity index (χ1) is 25.1. The Morgan fingerprint density at radius 3 is 2.37 bits per heavy atom. The van der Waals surface area contributed by atoms with Crippen LogP contribution >= 0.6 is 23.5 Å². The molecule has 0 radical (unpaired) electrons. The van der Waals surface area contributed by atoms with Crippen LogP contribution in [0.25, 0.3) is 11.2 Å². The molecule has 0 saturated carbocycles. The number of ether oxygens (including phenoxy) is 2. The van der Waals surface area contributed by atoms with Gasteiger partial charge in [-0.05, 0) is 19.8 Å². The minimum Gasteiger partial charge on any atom is -0.466 e. The van der Waals surface area contributed by atoms with E-state index in [4.69, 9.17) is 24.3 Å². The summed E-state index contributed by atoms with van der Waals surface area (Å²) >= 11 is 0. The Bertz CT molecular complexity index is 1760. The van der Waals surface area contributed by atoms with Gasteiger partial charge in [-0.3, -0.25) is 32.5 Å². The lowest BCUT2D eigenvalue weighted by Gasteiger charge is -2.30. The summed E-state index contributed by atoms with van der Waals surface area (Å²) in [6, 6.07) is 0. The van der Waals surface area contributed by atoms with Crippen molar-refractivity contribution in [1.29, 1.82) is 0 Å². The lowest BCUT2D eigenvalue weighted by Crippen LogP contribution is -2.46. The van der Waals surface area contributed by atoms with E-state index in [1.807, 2.05) is 0 Å². The Morgan fingerprint density at radius 1 is 1.02 bits per heavy atom. The Kier molecular flexibility index (Phi) is 16.2. The Morgan fingerprint density at radius 2 is 1.70 bits per heavy atom. The van der Waals surface area contributed by atoms with Crippen molar-refractivity contribution in [3.63, 3.8) is 0 Å². The monoisotopic (exact) mass is 835 g/mol. The average Bonchev–Trinajstić information content (AvgIpc) is 3.62. The fourth-order valence-electron chi connectivity index (χ4n) is 4.80. The number of nitrogens with one attached hydrogen (secondary N) is 2. The normalized spacial score (nSPS) is 21.9. The van der Waals surface area contributed by atoms with Gasteiger partial charge in [-0.25, -0.2) is 28.6 Å². The van der Waals surface area contributed by atoms with Crippen molar-refractivity contribution in [2.75, 3.05) is 38.6 Å². The molecule has 0 bridgehead atoms. The first-order valence-electron chi connectivity index (χ1n) is 16.1. The molecule has 1 saturated heterocycles. The molecule has 10 N–H and O–H groups in total. The average molecular weight is 836 g/mol. The van der Waals surface area contributed by atoms with Crippen LogP contribution in [0.2, 0.25) is 0 Å². The number of aliphatic hydroxyl groups is 2. The van der Waals surface area contributed by atoms with Crippen LogP contribution in [0.3, 0.4) is 0 Å². The molecule has 7 atom stereocenters. The molecule has 2 unspecified atom stereocenters. The van der Waals surface area contributed by atoms with Crippen molar-refractivity contribution in [2.45, 2.75) is 77.1 Å². The zero-order valence-corrected chi connectivity index (χ0v) is 31.9. The Balaban J connectivity index is 1.50. The van der Waals surface area contributed by atoms with Crippen molar-refractivity contribution in [1.82, 2.24) is 30.2 Å². The van der Waals surface area contributed by atoms with Crippen molar-refractivity contribution < 1.29 is 85.2 Å². The quantitative estimate of drug-likeness (QED) is 0.0396. The summed E-state index contributed by atoms with van der Waals surface area (Å²) in [5, 5.41) is 26.3. The van der Waals surface area contributed by atoms with Crippen LogP contribution in [0.15, 0.2) is 12.7 Å². The molecular formula is C26H44N7O18P3. The number of carbonyl (C=O) groups excluding carboxylic acids is 3. The van der Waals surface area contributed by atoms with Crippen molar-refractivity contribution in [2.24, 2.45) is 5.41 Å². The van der Waals surface area contributed by atoms with E-state index >= 15 is 0 Å². The number of anilines is 1. The molecule has 2 aromatic heterocycles. The number of nitrogen functional groups attached to an aromatic ring is 1. The van der Waals surface area contributed by atoms with Crippen LogP contribution in [0.1, 0.15) is 52.7 Å². The van der Waals surface area contributed by atoms with Gasteiger partial charge in [0.25, 0.3) is 0 Å². The molecule has 0 aliphatic carbocycles. The molecule has 0 spiro atoms. The molecule has 25 nitrogen and oxygen atoms in total. The standard InChI is InChI=1S/C26H44N7O18P3/c1-4-46-17(35)7-5-6-9-28-16(34)8-10-29-24(38)21(37)26(2,3)12-48-54(44,45)51-53(42,43)47-11-15-20(50-52(39,40)41)19(36)25(49-15)33-14-32-18-22(27)30-13-31-23(18)33/h13-15,19-21,25,36-37H,4-12H2,1-3H3,(H,28,34)(H,29,38)(H,42,43)(H,44,45)(H2,27,30,31)(H2,39,40,41)/t15-,19-,20-,21+,25-/m1/s1. The van der Waals surface area contributed by atoms with Crippen molar-refractivity contribution in [3.8, 4) is 0 Å². The number of nitrogens with two attached hydrogens (primary N) is 1. The third-order valence-corrected chi connectivity index (χ3v) is 10.6. The predicted molar refractivity (Wildman–Crippen MR) is 180 cm³/mol. The summed E-state index contributed by atoms with van der Waals surface area (Å²) in [6.45, 7) is 2.56. The number of hydrogen-bond acceptors (Lipinski definition) is 18. The number of imidazole rings is 1. The van der Waals surface area contributed by atoms with Gasteiger partial charge >= 0.3 is 29.4 Å². The molecule has 54 heavy (non-hydrogen) atoms. The molecule has 1 aliphatic rings. The van der Waals surface area contributed by atoms with Gasteiger partial charge in [0.2, 0.25) is 11.8 Å². The van der Waals surface area contributed by atoms with Gasteiger partial charge in [-0.2, -0.15) is 4.31 Å². The fourth-order valence-corrected chi connectivity index (χ4v) is 7.62. The lowest BCUT2D eigenvalue weighted by atomic mass is 9.87. The summed E-state index contributed by atoms with van der Waals surface area (Å²) in [5.41, 5.74) is 4.26. The highest BCUT2D eigenvalue weighted by atomic mass is 31.3. The number of amides is 2. The highest BCUT2D eigenvalue weighted by Gasteiger charge is 2.50. The number of carbonyl (C=O) groups is 3. The van der Waals surface area contributed by atoms with Gasteiger partial charge in [-0.15, -0.1) is 0 Å². The number of unbranched alkanes of at least 4 members (excludes halogenated alkanes) is 1. The zero-order chi connectivity index (χ0) is 40.5. The highest BCUT2D eigenvalue weighted by molar-refractivity contribution is 7.61. The number of hydrogen-bond donors (Lipinski definition) is 9. The molecule has 2 amide bonds. The van der Waals surface area contributed by atoms with E-state index in [-0.39, 0.29) is 55.5 Å². The SMILES string of the molecule is CCOC(=O)CCCCNC(=O)CCNC(=O)[C@H](O)C(C)(C)COP(=O)(O)OP(=O)(O)OC[C@H]1O[C@@H](n2cnc3c(N)ncnc32)[C@H](O)[C@@H]1OP(=O)(O)O. The zero-order valence-electron chi connectivity index (χ0n) is 29.2. The minimum atomic E-state index is -5.56. The van der Waals surface area contributed by atoms with Crippen LogP contribution < -0.4 is 16.4 Å². The second-order valence-corrected chi connectivity index (χ2v) is 16.6. The second kappa shape index (κ2) is 19.2. The first-order valence-corrected chi connectivity index (χ1v) is 20.6. The van der Waals surface area contributed by atoms with Crippen LogP contribution in [-0.4, -0.2) is 124 Å². The Labute approximate surface area is 307 Å². The number of aliphatic hydroxyl groups excluding tert-OH is 2. The number of esters is 1. The number of rotatable bonds is 22. The predicted octanol–water partition coefficient (Wildman–Crippen LogP) is -0.862. The van der Waals surface area contributed by atoms with E-state index in [9.17, 15) is 57.9 Å². The van der Waals surface area contributed by atoms with Crippen LogP contribution in [0.4, 0.5) is 5.82 Å². The summed E-state index contributed by atoms with van der Waals surface area (Å²) in [7, 11) is -16.4. The third-order valence-electron chi connectivity index (χ3n) is 7.51. The molecule has 2 aromatic rings. The number of nitrogens with zero attached hydrogens (tertiary/aromatic N) is 4. The molecule has 3 rings (SSSR count). The number of phosphoric acid groups is 3. The van der Waals surface area contributed by atoms with E-state index in [0.29, 0.717) is 12.8 Å². The van der Waals surface area contributed by atoms with E-state index in [0.717, 1.165) is 17.2 Å². The molecule has 1 fully saturated rings. The summed E-state index contributed by atoms with van der Waals surface area (Å²) in [6.07, 6.45) is -5.65. The van der Waals surface area contributed by atoms with E-state index in [2.05, 4.69) is 34.4 Å². The van der Waals surface area contributed by atoms with E-state index in [1.54, 1.807) is 6.92 Å². The fraction of sp³-hybridized carbons (Fsp3) is 0.692. The number of aromatic nitrogens is 4.